The van der Waals surface area contributed by atoms with E-state index in [1.54, 1.807) is 30.3 Å². The molecule has 0 fully saturated rings. The van der Waals surface area contributed by atoms with Crippen molar-refractivity contribution in [1.82, 2.24) is 0 Å². The minimum absolute atomic E-state index is 0.265. The van der Waals surface area contributed by atoms with Gasteiger partial charge in [0.15, 0.2) is 0 Å². The van der Waals surface area contributed by atoms with Crippen LogP contribution in [0.15, 0.2) is 36.4 Å². The van der Waals surface area contributed by atoms with Crippen molar-refractivity contribution < 1.29 is 4.79 Å². The Morgan fingerprint density at radius 3 is 2.68 bits per heavy atom. The Hall–Kier alpha value is -1.71. The Kier molecular flexibility index (Phi) is 3.98. The third kappa shape index (κ3) is 3.00. The van der Waals surface area contributed by atoms with Crippen LogP contribution >= 0.6 is 23.2 Å². The van der Waals surface area contributed by atoms with Gasteiger partial charge in [-0.25, -0.2) is 0 Å². The molecule has 3 nitrogen and oxygen atoms in total. The van der Waals surface area contributed by atoms with E-state index in [0.29, 0.717) is 21.3 Å². The number of para-hydroxylation sites is 1. The highest BCUT2D eigenvalue weighted by Gasteiger charge is 2.13. The SMILES string of the molecule is Cc1ccc(Cl)cc1NC(=O)c1cccc(Cl)c1N. The average Bonchev–Trinajstić information content (AvgIpc) is 2.37. The normalized spacial score (nSPS) is 10.3. The van der Waals surface area contributed by atoms with Gasteiger partial charge in [0.05, 0.1) is 16.3 Å². The molecule has 0 unspecified atom stereocenters. The third-order valence-corrected chi connectivity index (χ3v) is 3.31. The number of nitrogens with two attached hydrogens (primary N) is 1. The average molecular weight is 295 g/mol. The van der Waals surface area contributed by atoms with Crippen molar-refractivity contribution in [2.75, 3.05) is 11.1 Å². The molecule has 5 heteroatoms. The molecule has 2 aromatic rings. The quantitative estimate of drug-likeness (QED) is 0.818. The Morgan fingerprint density at radius 2 is 1.95 bits per heavy atom. The zero-order valence-electron chi connectivity index (χ0n) is 10.2. The van der Waals surface area contributed by atoms with E-state index in [9.17, 15) is 4.79 Å². The Bertz CT molecular complexity index is 641. The van der Waals surface area contributed by atoms with Gasteiger partial charge in [-0.15, -0.1) is 0 Å². The number of nitrogen functional groups attached to an aromatic ring is 1. The molecule has 0 atom stereocenters. The Labute approximate surface area is 121 Å². The first-order valence-corrected chi connectivity index (χ1v) is 6.36. The summed E-state index contributed by atoms with van der Waals surface area (Å²) in [7, 11) is 0. The summed E-state index contributed by atoms with van der Waals surface area (Å²) >= 11 is 11.8. The molecule has 0 bridgehead atoms. The van der Waals surface area contributed by atoms with E-state index in [4.69, 9.17) is 28.9 Å². The van der Waals surface area contributed by atoms with Gasteiger partial charge in [0.2, 0.25) is 0 Å². The van der Waals surface area contributed by atoms with Crippen molar-refractivity contribution in [3.63, 3.8) is 0 Å². The van der Waals surface area contributed by atoms with Crippen molar-refractivity contribution in [3.05, 3.63) is 57.6 Å². The van der Waals surface area contributed by atoms with E-state index < -0.39 is 0 Å². The first-order chi connectivity index (χ1) is 8.99. The molecule has 3 N–H and O–H groups in total. The maximum Gasteiger partial charge on any atom is 0.257 e. The smallest absolute Gasteiger partial charge is 0.257 e. The number of carbonyl (C=O) groups excluding carboxylic acids is 1. The second-order valence-corrected chi connectivity index (χ2v) is 4.96. The van der Waals surface area contributed by atoms with Crippen molar-refractivity contribution >= 4 is 40.5 Å². The fourth-order valence-corrected chi connectivity index (χ4v) is 2.00. The van der Waals surface area contributed by atoms with Gasteiger partial charge in [0.25, 0.3) is 5.91 Å². The van der Waals surface area contributed by atoms with Crippen LogP contribution in [0, 0.1) is 6.92 Å². The predicted molar refractivity (Wildman–Crippen MR) is 80.0 cm³/mol. The van der Waals surface area contributed by atoms with Gasteiger partial charge in [0.1, 0.15) is 0 Å². The minimum Gasteiger partial charge on any atom is -0.397 e. The van der Waals surface area contributed by atoms with Crippen LogP contribution in [0.5, 0.6) is 0 Å². The van der Waals surface area contributed by atoms with Gasteiger partial charge in [-0.05, 0) is 36.8 Å². The molecule has 0 radical (unpaired) electrons. The fourth-order valence-electron chi connectivity index (χ4n) is 1.65. The van der Waals surface area contributed by atoms with Gasteiger partial charge < -0.3 is 11.1 Å². The molecule has 2 aromatic carbocycles. The highest BCUT2D eigenvalue weighted by molar-refractivity contribution is 6.34. The molecule has 0 heterocycles. The van der Waals surface area contributed by atoms with E-state index in [0.717, 1.165) is 5.56 Å². The predicted octanol–water partition coefficient (Wildman–Crippen LogP) is 4.14. The second kappa shape index (κ2) is 5.51. The zero-order valence-corrected chi connectivity index (χ0v) is 11.7. The molecule has 19 heavy (non-hydrogen) atoms. The summed E-state index contributed by atoms with van der Waals surface area (Å²) in [5.74, 6) is -0.314. The van der Waals surface area contributed by atoms with E-state index in [1.165, 1.54) is 0 Å². The van der Waals surface area contributed by atoms with Crippen LogP contribution in [0.2, 0.25) is 10.0 Å². The van der Waals surface area contributed by atoms with Crippen molar-refractivity contribution in [3.8, 4) is 0 Å². The van der Waals surface area contributed by atoms with Crippen LogP contribution < -0.4 is 11.1 Å². The van der Waals surface area contributed by atoms with Gasteiger partial charge >= 0.3 is 0 Å². The lowest BCUT2D eigenvalue weighted by Crippen LogP contribution is -2.14. The molecular weight excluding hydrogens is 283 g/mol. The summed E-state index contributed by atoms with van der Waals surface area (Å²) in [5.41, 5.74) is 7.96. The van der Waals surface area contributed by atoms with E-state index in [1.807, 2.05) is 13.0 Å². The lowest BCUT2D eigenvalue weighted by atomic mass is 10.1. The summed E-state index contributed by atoms with van der Waals surface area (Å²) in [6.07, 6.45) is 0. The van der Waals surface area contributed by atoms with Gasteiger partial charge in [-0.1, -0.05) is 35.3 Å². The monoisotopic (exact) mass is 294 g/mol. The summed E-state index contributed by atoms with van der Waals surface area (Å²) in [6.45, 7) is 1.88. The highest BCUT2D eigenvalue weighted by Crippen LogP contribution is 2.25. The highest BCUT2D eigenvalue weighted by atomic mass is 35.5. The van der Waals surface area contributed by atoms with Crippen LogP contribution in [0.1, 0.15) is 15.9 Å². The minimum atomic E-state index is -0.314. The number of hydrogen-bond donors (Lipinski definition) is 2. The molecule has 0 saturated heterocycles. The van der Waals surface area contributed by atoms with E-state index in [-0.39, 0.29) is 11.6 Å². The number of benzene rings is 2. The number of anilines is 2. The summed E-state index contributed by atoms with van der Waals surface area (Å²) < 4.78 is 0. The van der Waals surface area contributed by atoms with Crippen LogP contribution in [-0.2, 0) is 0 Å². The summed E-state index contributed by atoms with van der Waals surface area (Å²) in [6, 6.07) is 10.2. The van der Waals surface area contributed by atoms with Gasteiger partial charge in [-0.2, -0.15) is 0 Å². The van der Waals surface area contributed by atoms with Crippen molar-refractivity contribution in [2.45, 2.75) is 6.92 Å². The van der Waals surface area contributed by atoms with Crippen molar-refractivity contribution in [1.29, 1.82) is 0 Å². The van der Waals surface area contributed by atoms with Crippen LogP contribution in [0.25, 0.3) is 0 Å². The fraction of sp³-hybridized carbons (Fsp3) is 0.0714. The molecular formula is C14H12Cl2N2O. The Balaban J connectivity index is 2.31. The first kappa shape index (κ1) is 13.7. The summed E-state index contributed by atoms with van der Waals surface area (Å²) in [5, 5.41) is 3.69. The second-order valence-electron chi connectivity index (χ2n) is 4.11. The number of halogens is 2. The van der Waals surface area contributed by atoms with E-state index >= 15 is 0 Å². The first-order valence-electron chi connectivity index (χ1n) is 5.60. The van der Waals surface area contributed by atoms with Gasteiger partial charge in [0, 0.05) is 10.7 Å². The maximum absolute atomic E-state index is 12.2. The number of rotatable bonds is 2. The lowest BCUT2D eigenvalue weighted by molar-refractivity contribution is 0.102. The van der Waals surface area contributed by atoms with Crippen molar-refractivity contribution in [2.24, 2.45) is 0 Å². The zero-order chi connectivity index (χ0) is 14.0. The molecule has 0 aliphatic heterocycles. The molecule has 1 amide bonds. The molecule has 0 aromatic heterocycles. The molecule has 0 spiro atoms. The van der Waals surface area contributed by atoms with Gasteiger partial charge in [-0.3, -0.25) is 4.79 Å². The lowest BCUT2D eigenvalue weighted by Gasteiger charge is -2.11. The van der Waals surface area contributed by atoms with Crippen LogP contribution in [-0.4, -0.2) is 5.91 Å². The topological polar surface area (TPSA) is 55.1 Å². The summed E-state index contributed by atoms with van der Waals surface area (Å²) in [4.78, 5) is 12.2. The number of carbonyl (C=O) groups is 1. The largest absolute Gasteiger partial charge is 0.397 e. The third-order valence-electron chi connectivity index (χ3n) is 2.75. The number of amides is 1. The maximum atomic E-state index is 12.2. The molecule has 0 aliphatic rings. The molecule has 2 rings (SSSR count). The van der Waals surface area contributed by atoms with E-state index in [2.05, 4.69) is 5.32 Å². The number of nitrogens with one attached hydrogen (secondary N) is 1. The molecule has 0 aliphatic carbocycles. The van der Waals surface area contributed by atoms with Crippen LogP contribution in [0.3, 0.4) is 0 Å². The number of hydrogen-bond acceptors (Lipinski definition) is 2. The molecule has 0 saturated carbocycles. The standard InChI is InChI=1S/C14H12Cl2N2O/c1-8-5-6-9(15)7-12(8)18-14(19)10-3-2-4-11(16)13(10)17/h2-7H,17H2,1H3,(H,18,19). The van der Waals surface area contributed by atoms with Crippen LogP contribution in [0.4, 0.5) is 11.4 Å². The Morgan fingerprint density at radius 1 is 1.21 bits per heavy atom. The molecule has 98 valence electrons. The number of aryl methyl sites for hydroxylation is 1.